The predicted octanol–water partition coefficient (Wildman–Crippen LogP) is 7.42. The van der Waals surface area contributed by atoms with Gasteiger partial charge in [0.25, 0.3) is 0 Å². The van der Waals surface area contributed by atoms with Crippen LogP contribution in [-0.2, 0) is 0 Å². The number of aryl methyl sites for hydroxylation is 1. The SMILES string of the molecule is Cc1ccc2c(C#C[Si](c3ccccc3)(c3ccccc3)c3ccccc3)c3ccccc3c(-c3ccccn3)c2c1. The molecule has 1 heterocycles. The molecule has 42 heavy (non-hydrogen) atoms. The molecule has 0 saturated carbocycles. The van der Waals surface area contributed by atoms with Crippen LogP contribution >= 0.6 is 0 Å². The van der Waals surface area contributed by atoms with Gasteiger partial charge in [0.05, 0.1) is 5.69 Å². The zero-order valence-corrected chi connectivity index (χ0v) is 24.5. The Morgan fingerprint density at radius 2 is 1.02 bits per heavy atom. The van der Waals surface area contributed by atoms with Gasteiger partial charge in [0.15, 0.2) is 0 Å². The molecule has 0 amide bonds. The number of benzene rings is 6. The Labute approximate surface area is 248 Å². The van der Waals surface area contributed by atoms with Crippen molar-refractivity contribution in [1.82, 2.24) is 4.98 Å². The van der Waals surface area contributed by atoms with Crippen LogP contribution in [0.25, 0.3) is 32.8 Å². The van der Waals surface area contributed by atoms with Gasteiger partial charge in [0, 0.05) is 17.3 Å². The highest BCUT2D eigenvalue weighted by molar-refractivity contribution is 7.16. The molecule has 1 nitrogen and oxygen atoms in total. The number of hydrogen-bond donors (Lipinski definition) is 0. The van der Waals surface area contributed by atoms with Gasteiger partial charge in [-0.3, -0.25) is 4.98 Å². The lowest BCUT2D eigenvalue weighted by atomic mass is 9.89. The van der Waals surface area contributed by atoms with Crippen molar-refractivity contribution in [3.05, 3.63) is 169 Å². The Morgan fingerprint density at radius 3 is 1.60 bits per heavy atom. The van der Waals surface area contributed by atoms with Gasteiger partial charge in [0.1, 0.15) is 0 Å². The van der Waals surface area contributed by atoms with E-state index in [1.807, 2.05) is 12.3 Å². The van der Waals surface area contributed by atoms with E-state index in [0.717, 1.165) is 27.6 Å². The van der Waals surface area contributed by atoms with E-state index in [2.05, 4.69) is 164 Å². The molecule has 0 radical (unpaired) electrons. The lowest BCUT2D eigenvalue weighted by molar-refractivity contribution is 1.34. The van der Waals surface area contributed by atoms with Crippen LogP contribution in [0.1, 0.15) is 11.1 Å². The molecule has 1 aromatic heterocycles. The Kier molecular flexibility index (Phi) is 6.72. The van der Waals surface area contributed by atoms with E-state index >= 15 is 0 Å². The van der Waals surface area contributed by atoms with E-state index < -0.39 is 8.07 Å². The van der Waals surface area contributed by atoms with E-state index in [9.17, 15) is 0 Å². The molecular weight excluding hydrogens is 523 g/mol. The molecule has 198 valence electrons. The van der Waals surface area contributed by atoms with Crippen LogP contribution in [-0.4, -0.2) is 13.1 Å². The molecule has 0 aliphatic carbocycles. The lowest BCUT2D eigenvalue weighted by Gasteiger charge is -2.28. The summed E-state index contributed by atoms with van der Waals surface area (Å²) in [5.41, 5.74) is 8.45. The van der Waals surface area contributed by atoms with Crippen LogP contribution in [0.15, 0.2) is 158 Å². The summed E-state index contributed by atoms with van der Waals surface area (Å²) < 4.78 is 0. The summed E-state index contributed by atoms with van der Waals surface area (Å²) in [7, 11) is -2.74. The van der Waals surface area contributed by atoms with Crippen molar-refractivity contribution in [1.29, 1.82) is 0 Å². The average molecular weight is 552 g/mol. The van der Waals surface area contributed by atoms with Crippen molar-refractivity contribution in [2.45, 2.75) is 6.92 Å². The maximum atomic E-state index is 4.78. The summed E-state index contributed by atoms with van der Waals surface area (Å²) in [5.74, 6) is 3.86. The number of nitrogens with zero attached hydrogens (tertiary/aromatic N) is 1. The van der Waals surface area contributed by atoms with Crippen LogP contribution in [0, 0.1) is 18.4 Å². The first-order valence-electron chi connectivity index (χ1n) is 14.3. The number of hydrogen-bond acceptors (Lipinski definition) is 1. The zero-order valence-electron chi connectivity index (χ0n) is 23.5. The lowest BCUT2D eigenvalue weighted by Crippen LogP contribution is -2.66. The van der Waals surface area contributed by atoms with E-state index in [1.54, 1.807) is 0 Å². The van der Waals surface area contributed by atoms with E-state index in [-0.39, 0.29) is 0 Å². The summed E-state index contributed by atoms with van der Waals surface area (Å²) in [6.07, 6.45) is 1.87. The normalized spacial score (nSPS) is 11.3. The molecule has 0 atom stereocenters. The quantitative estimate of drug-likeness (QED) is 0.0960. The molecule has 0 fully saturated rings. The van der Waals surface area contributed by atoms with Gasteiger partial charge in [-0.15, -0.1) is 5.54 Å². The van der Waals surface area contributed by atoms with Crippen molar-refractivity contribution in [2.24, 2.45) is 0 Å². The van der Waals surface area contributed by atoms with Crippen LogP contribution in [0.4, 0.5) is 0 Å². The molecule has 0 aliphatic rings. The third kappa shape index (κ3) is 4.41. The summed E-state index contributed by atoms with van der Waals surface area (Å²) in [4.78, 5) is 4.78. The number of rotatable bonds is 4. The monoisotopic (exact) mass is 551 g/mol. The number of pyridine rings is 1. The third-order valence-corrected chi connectivity index (χ3v) is 12.2. The smallest absolute Gasteiger partial charge is 0.230 e. The Hall–Kier alpha value is -5.23. The molecule has 0 spiro atoms. The highest BCUT2D eigenvalue weighted by atomic mass is 28.3. The summed E-state index contributed by atoms with van der Waals surface area (Å²) in [6, 6.07) is 54.1. The largest absolute Gasteiger partial charge is 0.256 e. The second-order valence-corrected chi connectivity index (χ2v) is 14.1. The fourth-order valence-corrected chi connectivity index (χ4v) is 9.97. The third-order valence-electron chi connectivity index (χ3n) is 8.10. The summed E-state index contributed by atoms with van der Waals surface area (Å²) in [5, 5.41) is 8.51. The first-order chi connectivity index (χ1) is 20.8. The topological polar surface area (TPSA) is 12.9 Å². The van der Waals surface area contributed by atoms with Crippen LogP contribution in [0.5, 0.6) is 0 Å². The van der Waals surface area contributed by atoms with Gasteiger partial charge in [0.2, 0.25) is 8.07 Å². The minimum absolute atomic E-state index is 0.977. The van der Waals surface area contributed by atoms with E-state index in [1.165, 1.54) is 31.9 Å². The van der Waals surface area contributed by atoms with Gasteiger partial charge < -0.3 is 0 Å². The molecule has 6 aromatic carbocycles. The maximum absolute atomic E-state index is 4.78. The highest BCUT2D eigenvalue weighted by Crippen LogP contribution is 2.38. The van der Waals surface area contributed by atoms with Crippen LogP contribution in [0.2, 0.25) is 0 Å². The Bertz CT molecular complexity index is 1980. The minimum atomic E-state index is -2.74. The van der Waals surface area contributed by atoms with Crippen molar-refractivity contribution in [3.63, 3.8) is 0 Å². The first-order valence-corrected chi connectivity index (χ1v) is 16.3. The second kappa shape index (κ2) is 11.0. The minimum Gasteiger partial charge on any atom is -0.256 e. The first kappa shape index (κ1) is 25.7. The van der Waals surface area contributed by atoms with Gasteiger partial charge in [-0.05, 0) is 56.2 Å². The van der Waals surface area contributed by atoms with E-state index in [4.69, 9.17) is 4.98 Å². The second-order valence-electron chi connectivity index (χ2n) is 10.7. The predicted molar refractivity (Wildman–Crippen MR) is 180 cm³/mol. The molecule has 7 aromatic rings. The fourth-order valence-electron chi connectivity index (χ4n) is 6.15. The number of aromatic nitrogens is 1. The van der Waals surface area contributed by atoms with Crippen LogP contribution in [0.3, 0.4) is 0 Å². The average Bonchev–Trinajstić information content (AvgIpc) is 3.06. The summed E-state index contributed by atoms with van der Waals surface area (Å²) >= 11 is 0. The molecule has 0 unspecified atom stereocenters. The molecule has 0 aliphatic heterocycles. The fraction of sp³-hybridized carbons (Fsp3) is 0.0250. The molecule has 0 bridgehead atoms. The van der Waals surface area contributed by atoms with Crippen LogP contribution < -0.4 is 15.6 Å². The van der Waals surface area contributed by atoms with E-state index in [0.29, 0.717) is 0 Å². The number of fused-ring (bicyclic) bond motifs is 2. The molecule has 7 rings (SSSR count). The van der Waals surface area contributed by atoms with Crippen molar-refractivity contribution < 1.29 is 0 Å². The maximum Gasteiger partial charge on any atom is 0.230 e. The standard InChI is InChI=1S/C40H29NSi/c1-30-24-25-35-36(34-21-11-12-22-37(34)40(38(35)29-30)39-23-13-14-27-41-39)26-28-42(31-15-5-2-6-16-31,32-17-7-3-8-18-32)33-19-9-4-10-20-33/h2-25,27,29H,1H3. The summed E-state index contributed by atoms with van der Waals surface area (Å²) in [6.45, 7) is 2.15. The van der Waals surface area contributed by atoms with Crippen molar-refractivity contribution in [3.8, 4) is 22.7 Å². The van der Waals surface area contributed by atoms with Crippen molar-refractivity contribution in [2.75, 3.05) is 0 Å². The Morgan fingerprint density at radius 1 is 0.500 bits per heavy atom. The zero-order chi connectivity index (χ0) is 28.4. The highest BCUT2D eigenvalue weighted by Gasteiger charge is 2.38. The van der Waals surface area contributed by atoms with Gasteiger partial charge in [-0.25, -0.2) is 0 Å². The van der Waals surface area contributed by atoms with Gasteiger partial charge in [-0.2, -0.15) is 0 Å². The molecular formula is C40H29NSi. The van der Waals surface area contributed by atoms with Gasteiger partial charge in [-0.1, -0.05) is 151 Å². The van der Waals surface area contributed by atoms with Gasteiger partial charge >= 0.3 is 0 Å². The molecule has 0 saturated heterocycles. The Balaban J connectivity index is 1.61. The molecule has 0 N–H and O–H groups in total. The molecule has 2 heteroatoms. The van der Waals surface area contributed by atoms with Crippen molar-refractivity contribution >= 4 is 45.2 Å².